The van der Waals surface area contributed by atoms with Crippen LogP contribution in [0.5, 0.6) is 11.5 Å². The van der Waals surface area contributed by atoms with Gasteiger partial charge in [-0.2, -0.15) is 0 Å². The van der Waals surface area contributed by atoms with Crippen molar-refractivity contribution in [1.29, 1.82) is 0 Å². The van der Waals surface area contributed by atoms with E-state index >= 15 is 0 Å². The van der Waals surface area contributed by atoms with Crippen molar-refractivity contribution in [3.8, 4) is 11.5 Å². The van der Waals surface area contributed by atoms with Crippen LogP contribution in [-0.2, 0) is 11.2 Å². The largest absolute Gasteiger partial charge is 0.497 e. The Labute approximate surface area is 93.8 Å². The van der Waals surface area contributed by atoms with Gasteiger partial charge in [-0.15, -0.1) is 0 Å². The van der Waals surface area contributed by atoms with Gasteiger partial charge in [0.15, 0.2) is 0 Å². The lowest BCUT2D eigenvalue weighted by molar-refractivity contribution is -0.138. The van der Waals surface area contributed by atoms with E-state index in [4.69, 9.17) is 20.3 Å². The molecule has 0 spiro atoms. The average Bonchev–Trinajstić information content (AvgIpc) is 2.29. The summed E-state index contributed by atoms with van der Waals surface area (Å²) in [5.74, 6) is 0.207. The Kier molecular flexibility index (Phi) is 4.13. The van der Waals surface area contributed by atoms with E-state index in [9.17, 15) is 4.79 Å². The molecule has 5 heteroatoms. The summed E-state index contributed by atoms with van der Waals surface area (Å²) in [5, 5.41) is 8.72. The maximum absolute atomic E-state index is 10.6. The molecule has 0 unspecified atom stereocenters. The summed E-state index contributed by atoms with van der Waals surface area (Å²) < 4.78 is 10.2. The molecule has 0 aliphatic heterocycles. The molecule has 0 amide bonds. The van der Waals surface area contributed by atoms with Gasteiger partial charge in [-0.25, -0.2) is 0 Å². The number of nitrogens with two attached hydrogens (primary N) is 1. The minimum atomic E-state index is -1.03. The number of benzene rings is 1. The molecule has 1 rings (SSSR count). The van der Waals surface area contributed by atoms with Gasteiger partial charge in [-0.3, -0.25) is 4.79 Å². The molecule has 0 aliphatic carbocycles. The fraction of sp³-hybridized carbons (Fsp3) is 0.364. The van der Waals surface area contributed by atoms with Crippen molar-refractivity contribution in [2.75, 3.05) is 14.2 Å². The lowest BCUT2D eigenvalue weighted by atomic mass is 10.1. The summed E-state index contributed by atoms with van der Waals surface area (Å²) in [6, 6.07) is 4.26. The molecule has 0 saturated carbocycles. The summed E-state index contributed by atoms with van der Waals surface area (Å²) in [4.78, 5) is 10.6. The highest BCUT2D eigenvalue weighted by molar-refractivity contribution is 5.73. The van der Waals surface area contributed by atoms with Gasteiger partial charge >= 0.3 is 5.97 Å². The van der Waals surface area contributed by atoms with Crippen LogP contribution in [0.3, 0.4) is 0 Å². The fourth-order valence-electron chi connectivity index (χ4n) is 1.34. The number of aliphatic carboxylic acids is 1. The van der Waals surface area contributed by atoms with Gasteiger partial charge < -0.3 is 20.3 Å². The zero-order valence-electron chi connectivity index (χ0n) is 9.27. The van der Waals surface area contributed by atoms with Crippen molar-refractivity contribution < 1.29 is 19.4 Å². The van der Waals surface area contributed by atoms with Gasteiger partial charge in [0.2, 0.25) is 0 Å². The Balaban J connectivity index is 2.91. The van der Waals surface area contributed by atoms with Crippen LogP contribution in [0.2, 0.25) is 0 Å². The third kappa shape index (κ3) is 2.87. The van der Waals surface area contributed by atoms with E-state index in [2.05, 4.69) is 0 Å². The number of ether oxygens (including phenoxy) is 2. The SMILES string of the molecule is COc1ccc(C[C@H](N)C(=O)O)c(OC)c1. The second-order valence-corrected chi connectivity index (χ2v) is 3.33. The topological polar surface area (TPSA) is 81.8 Å². The van der Waals surface area contributed by atoms with Crippen molar-refractivity contribution in [3.05, 3.63) is 23.8 Å². The second-order valence-electron chi connectivity index (χ2n) is 3.33. The minimum absolute atomic E-state index is 0.225. The summed E-state index contributed by atoms with van der Waals surface area (Å²) >= 11 is 0. The first-order valence-corrected chi connectivity index (χ1v) is 4.77. The van der Waals surface area contributed by atoms with E-state index in [1.807, 2.05) is 0 Å². The first-order chi connectivity index (χ1) is 7.58. The van der Waals surface area contributed by atoms with Gasteiger partial charge in [0.1, 0.15) is 17.5 Å². The minimum Gasteiger partial charge on any atom is -0.497 e. The molecule has 0 aromatic heterocycles. The van der Waals surface area contributed by atoms with Crippen molar-refractivity contribution in [3.63, 3.8) is 0 Å². The van der Waals surface area contributed by atoms with Gasteiger partial charge in [0.25, 0.3) is 0 Å². The first-order valence-electron chi connectivity index (χ1n) is 4.77. The molecule has 1 aromatic carbocycles. The summed E-state index contributed by atoms with van der Waals surface area (Å²) in [5.41, 5.74) is 6.20. The second kappa shape index (κ2) is 5.37. The Bertz CT molecular complexity index is 378. The maximum Gasteiger partial charge on any atom is 0.320 e. The van der Waals surface area contributed by atoms with E-state index in [1.165, 1.54) is 7.11 Å². The predicted octanol–water partition coefficient (Wildman–Crippen LogP) is 0.658. The van der Waals surface area contributed by atoms with E-state index in [1.54, 1.807) is 25.3 Å². The molecule has 5 nitrogen and oxygen atoms in total. The molecule has 3 N–H and O–H groups in total. The highest BCUT2D eigenvalue weighted by Gasteiger charge is 2.15. The van der Waals surface area contributed by atoms with Crippen LogP contribution in [0.15, 0.2) is 18.2 Å². The Hall–Kier alpha value is -1.75. The Morgan fingerprint density at radius 2 is 2.12 bits per heavy atom. The van der Waals surface area contributed by atoms with Gasteiger partial charge in [0.05, 0.1) is 14.2 Å². The lowest BCUT2D eigenvalue weighted by Gasteiger charge is -2.12. The number of hydrogen-bond acceptors (Lipinski definition) is 4. The summed E-state index contributed by atoms with van der Waals surface area (Å²) in [6.07, 6.45) is 0.225. The van der Waals surface area contributed by atoms with Gasteiger partial charge in [-0.1, -0.05) is 6.07 Å². The number of carboxylic acids is 1. The smallest absolute Gasteiger partial charge is 0.320 e. The first kappa shape index (κ1) is 12.3. The molecule has 0 heterocycles. The third-order valence-corrected chi connectivity index (χ3v) is 2.25. The van der Waals surface area contributed by atoms with Crippen LogP contribution in [0.1, 0.15) is 5.56 Å². The summed E-state index contributed by atoms with van der Waals surface area (Å²) in [7, 11) is 3.07. The van der Waals surface area contributed by atoms with Crippen LogP contribution in [0.4, 0.5) is 0 Å². The molecule has 88 valence electrons. The van der Waals surface area contributed by atoms with Gasteiger partial charge in [0, 0.05) is 12.5 Å². The predicted molar refractivity (Wildman–Crippen MR) is 58.9 cm³/mol. The highest BCUT2D eigenvalue weighted by atomic mass is 16.5. The molecular weight excluding hydrogens is 210 g/mol. The number of hydrogen-bond donors (Lipinski definition) is 2. The normalized spacial score (nSPS) is 11.9. The van der Waals surface area contributed by atoms with Crippen LogP contribution in [0.25, 0.3) is 0 Å². The number of carbonyl (C=O) groups is 1. The van der Waals surface area contributed by atoms with Crippen LogP contribution in [-0.4, -0.2) is 31.3 Å². The number of carboxylic acid groups (broad SMARTS) is 1. The number of methoxy groups -OCH3 is 2. The standard InChI is InChI=1S/C11H15NO4/c1-15-8-4-3-7(10(6-8)16-2)5-9(12)11(13)14/h3-4,6,9H,5,12H2,1-2H3,(H,13,14)/t9-/m0/s1. The molecule has 16 heavy (non-hydrogen) atoms. The quantitative estimate of drug-likeness (QED) is 0.769. The van der Waals surface area contributed by atoms with E-state index < -0.39 is 12.0 Å². The number of rotatable bonds is 5. The van der Waals surface area contributed by atoms with Crippen LogP contribution < -0.4 is 15.2 Å². The molecule has 0 fully saturated rings. The summed E-state index contributed by atoms with van der Waals surface area (Å²) in [6.45, 7) is 0. The Morgan fingerprint density at radius 3 is 2.62 bits per heavy atom. The molecule has 0 saturated heterocycles. The van der Waals surface area contributed by atoms with Crippen LogP contribution in [0, 0.1) is 0 Å². The molecule has 0 aliphatic rings. The third-order valence-electron chi connectivity index (χ3n) is 2.25. The molecule has 1 atom stereocenters. The highest BCUT2D eigenvalue weighted by Crippen LogP contribution is 2.25. The van der Waals surface area contributed by atoms with Crippen molar-refractivity contribution in [2.24, 2.45) is 5.73 Å². The van der Waals surface area contributed by atoms with Gasteiger partial charge in [-0.05, 0) is 11.6 Å². The molecule has 0 bridgehead atoms. The monoisotopic (exact) mass is 225 g/mol. The van der Waals surface area contributed by atoms with Crippen LogP contribution >= 0.6 is 0 Å². The van der Waals surface area contributed by atoms with E-state index in [0.29, 0.717) is 11.5 Å². The zero-order chi connectivity index (χ0) is 12.1. The van der Waals surface area contributed by atoms with Crippen molar-refractivity contribution in [1.82, 2.24) is 0 Å². The van der Waals surface area contributed by atoms with E-state index in [-0.39, 0.29) is 6.42 Å². The van der Waals surface area contributed by atoms with Crippen molar-refractivity contribution >= 4 is 5.97 Å². The lowest BCUT2D eigenvalue weighted by Crippen LogP contribution is -2.32. The fourth-order valence-corrected chi connectivity index (χ4v) is 1.34. The maximum atomic E-state index is 10.6. The molecule has 1 aromatic rings. The molecular formula is C11H15NO4. The molecule has 0 radical (unpaired) electrons. The zero-order valence-corrected chi connectivity index (χ0v) is 9.27. The van der Waals surface area contributed by atoms with Crippen molar-refractivity contribution in [2.45, 2.75) is 12.5 Å². The average molecular weight is 225 g/mol. The van der Waals surface area contributed by atoms with E-state index in [0.717, 1.165) is 5.56 Å². The Morgan fingerprint density at radius 1 is 1.44 bits per heavy atom.